The van der Waals surface area contributed by atoms with Crippen LogP contribution in [0.1, 0.15) is 45.4 Å². The molecule has 1 rings (SSSR count). The summed E-state index contributed by atoms with van der Waals surface area (Å²) in [6, 6.07) is 0. The van der Waals surface area contributed by atoms with Gasteiger partial charge in [0.05, 0.1) is 0 Å². The minimum Gasteiger partial charge on any atom is -0.550 e. The maximum absolute atomic E-state index is 10.4. The van der Waals surface area contributed by atoms with Crippen LogP contribution in [0.15, 0.2) is 0 Å². The van der Waals surface area contributed by atoms with Gasteiger partial charge in [0, 0.05) is 5.97 Å². The second-order valence-corrected chi connectivity index (χ2v) is 3.92. The van der Waals surface area contributed by atoms with E-state index in [-0.39, 0.29) is 39.1 Å². The maximum atomic E-state index is 10.4. The van der Waals surface area contributed by atoms with Gasteiger partial charge in [-0.2, -0.15) is 0 Å². The summed E-state index contributed by atoms with van der Waals surface area (Å²) in [6.07, 6.45) is 5.99. The van der Waals surface area contributed by atoms with Crippen molar-refractivity contribution in [2.75, 3.05) is 0 Å². The van der Waals surface area contributed by atoms with Crippen molar-refractivity contribution in [3.05, 3.63) is 0 Å². The summed E-state index contributed by atoms with van der Waals surface area (Å²) >= 11 is 0. The molecule has 0 amide bonds. The Morgan fingerprint density at radius 1 is 1.33 bits per heavy atom. The smallest absolute Gasteiger partial charge is 0.550 e. The number of hydrogen-bond acceptors (Lipinski definition) is 2. The van der Waals surface area contributed by atoms with Gasteiger partial charge in [-0.05, 0) is 24.7 Å². The van der Waals surface area contributed by atoms with E-state index >= 15 is 0 Å². The molecular formula is C9H15O2Tl. The van der Waals surface area contributed by atoms with Gasteiger partial charge in [0.25, 0.3) is 0 Å². The number of carboxylic acid groups (broad SMARTS) is 1. The number of rotatable bonds is 2. The predicted octanol–water partition coefficient (Wildman–Crippen LogP) is 0.716. The minimum atomic E-state index is -0.894. The summed E-state index contributed by atoms with van der Waals surface area (Å²) in [5, 5.41) is 10.4. The maximum Gasteiger partial charge on any atom is 1.00 e. The van der Waals surface area contributed by atoms with Crippen molar-refractivity contribution in [1.82, 2.24) is 0 Å². The van der Waals surface area contributed by atoms with Gasteiger partial charge in [-0.25, -0.2) is 0 Å². The largest absolute Gasteiger partial charge is 1.00 e. The molecule has 1 saturated carbocycles. The monoisotopic (exact) mass is 360 g/mol. The van der Waals surface area contributed by atoms with E-state index in [0.29, 0.717) is 0 Å². The van der Waals surface area contributed by atoms with Crippen LogP contribution in [-0.4, -0.2) is 33.3 Å². The molecule has 0 bridgehead atoms. The summed E-state index contributed by atoms with van der Waals surface area (Å²) in [5.41, 5.74) is 0.0388. The Kier molecular flexibility index (Phi) is 5.36. The summed E-state index contributed by atoms with van der Waals surface area (Å²) in [5.74, 6) is -0.894. The quantitative estimate of drug-likeness (QED) is 0.682. The Morgan fingerprint density at radius 3 is 2.25 bits per heavy atom. The van der Waals surface area contributed by atoms with Gasteiger partial charge in [-0.15, -0.1) is 0 Å². The molecular weight excluding hydrogens is 344 g/mol. The van der Waals surface area contributed by atoms with Gasteiger partial charge in [-0.3, -0.25) is 0 Å². The number of carboxylic acids is 1. The third kappa shape index (κ3) is 3.87. The van der Waals surface area contributed by atoms with E-state index in [1.54, 1.807) is 0 Å². The van der Waals surface area contributed by atoms with E-state index in [2.05, 4.69) is 6.92 Å². The van der Waals surface area contributed by atoms with Crippen LogP contribution < -0.4 is 5.11 Å². The van der Waals surface area contributed by atoms with Crippen LogP contribution in [0.5, 0.6) is 0 Å². The fourth-order valence-electron chi connectivity index (χ4n) is 1.93. The normalized spacial score (nSPS) is 21.1. The van der Waals surface area contributed by atoms with Crippen LogP contribution in [0, 0.1) is 5.41 Å². The Morgan fingerprint density at radius 2 is 1.83 bits per heavy atom. The number of aliphatic carboxylic acids is 1. The number of carbonyl (C=O) groups excluding carboxylic acids is 1. The van der Waals surface area contributed by atoms with Gasteiger partial charge in [0.2, 0.25) is 0 Å². The van der Waals surface area contributed by atoms with Gasteiger partial charge >= 0.3 is 27.3 Å². The van der Waals surface area contributed by atoms with Crippen molar-refractivity contribution in [2.45, 2.75) is 45.4 Å². The number of carbonyl (C=O) groups is 1. The summed E-state index contributed by atoms with van der Waals surface area (Å²) in [7, 11) is 0. The van der Waals surface area contributed by atoms with Crippen molar-refractivity contribution >= 4 is 33.3 Å². The zero-order valence-electron chi connectivity index (χ0n) is 7.64. The molecule has 12 heavy (non-hydrogen) atoms. The molecule has 1 aliphatic carbocycles. The molecule has 3 heteroatoms. The van der Waals surface area contributed by atoms with Crippen molar-refractivity contribution in [1.29, 1.82) is 0 Å². The molecule has 0 saturated heterocycles. The molecule has 1 aliphatic rings. The first kappa shape index (κ1) is 12.4. The number of hydrogen-bond donors (Lipinski definition) is 0. The first-order valence-electron chi connectivity index (χ1n) is 4.32. The van der Waals surface area contributed by atoms with E-state index in [9.17, 15) is 9.90 Å². The van der Waals surface area contributed by atoms with Crippen LogP contribution in [0.25, 0.3) is 0 Å². The Balaban J connectivity index is 0.00000121. The zero-order valence-corrected chi connectivity index (χ0v) is 12.1. The van der Waals surface area contributed by atoms with Crippen LogP contribution in [0.4, 0.5) is 0 Å². The average Bonchev–Trinajstić information content (AvgIpc) is 1.85. The van der Waals surface area contributed by atoms with Crippen LogP contribution in [-0.2, 0) is 4.79 Å². The van der Waals surface area contributed by atoms with Crippen molar-refractivity contribution in [3.63, 3.8) is 0 Å². The second kappa shape index (κ2) is 5.19. The van der Waals surface area contributed by atoms with Crippen molar-refractivity contribution in [3.8, 4) is 0 Å². The minimum absolute atomic E-state index is 0. The zero-order chi connectivity index (χ0) is 8.32. The second-order valence-electron chi connectivity index (χ2n) is 3.92. The van der Waals surface area contributed by atoms with Gasteiger partial charge in [0.1, 0.15) is 0 Å². The molecule has 0 aliphatic heterocycles. The Labute approximate surface area is 93.9 Å². The van der Waals surface area contributed by atoms with Gasteiger partial charge in [-0.1, -0.05) is 26.2 Å². The molecule has 0 heterocycles. The van der Waals surface area contributed by atoms with E-state index in [4.69, 9.17) is 0 Å². The topological polar surface area (TPSA) is 40.1 Å². The van der Waals surface area contributed by atoms with Crippen molar-refractivity contribution < 1.29 is 9.90 Å². The van der Waals surface area contributed by atoms with Crippen molar-refractivity contribution in [2.24, 2.45) is 5.41 Å². The predicted molar refractivity (Wildman–Crippen MR) is 46.6 cm³/mol. The van der Waals surface area contributed by atoms with Gasteiger partial charge < -0.3 is 9.90 Å². The Bertz CT molecular complexity index is 151. The third-order valence-corrected chi connectivity index (χ3v) is 2.63. The SMILES string of the molecule is CC1(CC(=O)[O-])CCCCC1.[Tl+]. The molecule has 0 aromatic rings. The first-order chi connectivity index (χ1) is 5.12. The molecule has 0 atom stereocenters. The third-order valence-electron chi connectivity index (χ3n) is 2.63. The summed E-state index contributed by atoms with van der Waals surface area (Å²) < 4.78 is 0. The van der Waals surface area contributed by atoms with Crippen LogP contribution in [0.2, 0.25) is 0 Å². The average molecular weight is 360 g/mol. The van der Waals surface area contributed by atoms with E-state index in [0.717, 1.165) is 12.8 Å². The summed E-state index contributed by atoms with van der Waals surface area (Å²) in [6.45, 7) is 2.06. The molecule has 0 unspecified atom stereocenters. The van der Waals surface area contributed by atoms with E-state index in [1.165, 1.54) is 19.3 Å². The molecule has 0 spiro atoms. The molecule has 66 valence electrons. The summed E-state index contributed by atoms with van der Waals surface area (Å²) in [4.78, 5) is 10.4. The fraction of sp³-hybridized carbons (Fsp3) is 0.889. The molecule has 2 nitrogen and oxygen atoms in total. The van der Waals surface area contributed by atoms with E-state index < -0.39 is 5.97 Å². The molecule has 0 radical (unpaired) electrons. The standard InChI is InChI=1S/C9H16O2.Tl/c1-9(7-8(10)11)5-3-2-4-6-9;/h2-7H2,1H3,(H,10,11);/q;+1/p-1. The molecule has 1 fully saturated rings. The van der Waals surface area contributed by atoms with Crippen LogP contribution in [0.3, 0.4) is 0 Å². The van der Waals surface area contributed by atoms with Gasteiger partial charge in [0.15, 0.2) is 0 Å². The van der Waals surface area contributed by atoms with E-state index in [1.807, 2.05) is 0 Å². The Hall–Kier alpha value is 0.392. The fourth-order valence-corrected chi connectivity index (χ4v) is 1.93. The first-order valence-corrected chi connectivity index (χ1v) is 4.32. The molecule has 0 aromatic heterocycles. The molecule has 0 aromatic carbocycles. The molecule has 0 N–H and O–H groups in total. The van der Waals surface area contributed by atoms with Crippen LogP contribution >= 0.6 is 0 Å².